The van der Waals surface area contributed by atoms with Gasteiger partial charge < -0.3 is 48.7 Å². The molecule has 2 saturated heterocycles. The second kappa shape index (κ2) is 21.2. The highest BCUT2D eigenvalue weighted by Gasteiger charge is 2.53. The van der Waals surface area contributed by atoms with Gasteiger partial charge in [0.1, 0.15) is 48.8 Å². The summed E-state index contributed by atoms with van der Waals surface area (Å²) in [5.74, 6) is -0.547. The molecule has 0 spiro atoms. The molecule has 6 rings (SSSR count). The van der Waals surface area contributed by atoms with Gasteiger partial charge in [0.25, 0.3) is 0 Å². The van der Waals surface area contributed by atoms with Crippen LogP contribution in [0, 0.1) is 0 Å². The molecular weight excluding hydrogens is 775 g/mol. The molecular formula is C42H49NO14S. The van der Waals surface area contributed by atoms with Crippen molar-refractivity contribution in [3.63, 3.8) is 0 Å². The van der Waals surface area contributed by atoms with Crippen molar-refractivity contribution in [3.05, 3.63) is 144 Å². The first-order valence-electron chi connectivity index (χ1n) is 18.8. The number of nitrogens with one attached hydrogen (secondary N) is 1. The third-order valence-corrected chi connectivity index (χ3v) is 10.0. The second-order valence-corrected chi connectivity index (χ2v) is 15.0. The Morgan fingerprint density at radius 1 is 0.621 bits per heavy atom. The van der Waals surface area contributed by atoms with Gasteiger partial charge in [-0.25, -0.2) is 4.18 Å². The highest BCUT2D eigenvalue weighted by atomic mass is 32.3. The molecule has 4 N–H and O–H groups in total. The maximum absolute atomic E-state index is 12.7. The van der Waals surface area contributed by atoms with Crippen LogP contribution >= 0.6 is 0 Å². The third-order valence-electron chi connectivity index (χ3n) is 9.57. The quantitative estimate of drug-likeness (QED) is 0.100. The van der Waals surface area contributed by atoms with E-state index >= 15 is 0 Å². The SMILES string of the molecule is CC(=O)N[C@H]1[C@@H](O[C@H]2[C@H](OCc3ccccc3)[C@@H](OCc3ccccc3)[C@H](O)O[C@@H]2COCc2ccccc2)O[C@H](COS(=O)(=O)O)[C@@H](OCc2ccccc2)[C@@H]1O. The average Bonchev–Trinajstić information content (AvgIpc) is 3.22. The first-order chi connectivity index (χ1) is 28.0. The van der Waals surface area contributed by atoms with Gasteiger partial charge in [-0.2, -0.15) is 8.42 Å². The number of ether oxygens (including phenoxy) is 7. The van der Waals surface area contributed by atoms with E-state index in [-0.39, 0.29) is 33.0 Å². The minimum Gasteiger partial charge on any atom is -0.388 e. The second-order valence-electron chi connectivity index (χ2n) is 13.9. The van der Waals surface area contributed by atoms with Crippen LogP contribution in [-0.4, -0.2) is 104 Å². The maximum atomic E-state index is 12.7. The molecule has 0 bridgehead atoms. The van der Waals surface area contributed by atoms with Crippen LogP contribution < -0.4 is 5.32 Å². The highest BCUT2D eigenvalue weighted by molar-refractivity contribution is 7.80. The van der Waals surface area contributed by atoms with E-state index in [1.54, 1.807) is 24.3 Å². The number of amides is 1. The molecule has 0 aromatic heterocycles. The Balaban J connectivity index is 1.33. The Kier molecular flexibility index (Phi) is 15.9. The van der Waals surface area contributed by atoms with Gasteiger partial charge in [-0.3, -0.25) is 9.35 Å². The lowest BCUT2D eigenvalue weighted by Gasteiger charge is -2.49. The van der Waals surface area contributed by atoms with Crippen LogP contribution in [0.25, 0.3) is 0 Å². The average molecular weight is 824 g/mol. The van der Waals surface area contributed by atoms with Gasteiger partial charge in [0.05, 0.1) is 39.6 Å². The summed E-state index contributed by atoms with van der Waals surface area (Å²) in [5.41, 5.74) is 3.23. The predicted octanol–water partition coefficient (Wildman–Crippen LogP) is 3.47. The summed E-state index contributed by atoms with van der Waals surface area (Å²) in [6.07, 6.45) is -11.8. The molecule has 0 saturated carbocycles. The number of benzene rings is 4. The van der Waals surface area contributed by atoms with Crippen molar-refractivity contribution >= 4 is 16.3 Å². The number of aliphatic hydroxyl groups excluding tert-OH is 2. The summed E-state index contributed by atoms with van der Waals surface area (Å²) in [6, 6.07) is 35.7. The van der Waals surface area contributed by atoms with Crippen molar-refractivity contribution in [1.82, 2.24) is 5.32 Å². The lowest BCUT2D eigenvalue weighted by Crippen LogP contribution is -2.68. The van der Waals surface area contributed by atoms with Crippen molar-refractivity contribution < 1.29 is 65.3 Å². The van der Waals surface area contributed by atoms with Gasteiger partial charge in [-0.1, -0.05) is 121 Å². The Morgan fingerprint density at radius 3 is 1.55 bits per heavy atom. The molecule has 2 heterocycles. The van der Waals surface area contributed by atoms with Crippen molar-refractivity contribution in [2.45, 2.75) is 94.7 Å². The lowest BCUT2D eigenvalue weighted by molar-refractivity contribution is -0.354. The van der Waals surface area contributed by atoms with Crippen molar-refractivity contribution in [2.75, 3.05) is 13.2 Å². The maximum Gasteiger partial charge on any atom is 0.397 e. The number of carbonyl (C=O) groups is 1. The lowest BCUT2D eigenvalue weighted by atomic mass is 9.95. The first kappa shape index (κ1) is 43.4. The van der Waals surface area contributed by atoms with E-state index in [9.17, 15) is 28.0 Å². The minimum atomic E-state index is -4.96. The van der Waals surface area contributed by atoms with Crippen LogP contribution in [-0.2, 0) is 79.0 Å². The number of rotatable bonds is 19. The molecule has 1 amide bonds. The van der Waals surface area contributed by atoms with E-state index in [1.807, 2.05) is 97.1 Å². The zero-order valence-electron chi connectivity index (χ0n) is 31.8. The molecule has 2 aliphatic rings. The normalized spacial score (nSPS) is 27.5. The van der Waals surface area contributed by atoms with Crippen LogP contribution in [0.1, 0.15) is 29.2 Å². The van der Waals surface area contributed by atoms with E-state index < -0.39 is 84.3 Å². The molecule has 2 fully saturated rings. The number of hydrogen-bond donors (Lipinski definition) is 4. The van der Waals surface area contributed by atoms with E-state index in [0.717, 1.165) is 22.3 Å². The Morgan fingerprint density at radius 2 is 1.07 bits per heavy atom. The molecule has 0 radical (unpaired) electrons. The van der Waals surface area contributed by atoms with Crippen LogP contribution in [0.4, 0.5) is 0 Å². The molecule has 4 aromatic rings. The van der Waals surface area contributed by atoms with Gasteiger partial charge in [0, 0.05) is 6.92 Å². The van der Waals surface area contributed by atoms with Gasteiger partial charge in [0.2, 0.25) is 5.91 Å². The first-order valence-corrected chi connectivity index (χ1v) is 20.2. The predicted molar refractivity (Wildman–Crippen MR) is 207 cm³/mol. The smallest absolute Gasteiger partial charge is 0.388 e. The standard InChI is InChI=1S/C42H49NO14S/c1-28(44)43-35-36(45)37(51-23-30-16-8-3-9-17-30)34(27-54-58(47,48)49)56-42(35)57-38-33(26-50-22-29-14-6-2-7-15-29)55-41(46)40(53-25-32-20-12-5-13-21-32)39(38)52-24-31-18-10-4-11-19-31/h2-21,33-42,45-46H,22-27H2,1H3,(H,43,44)(H,47,48,49)/t33-,34-,35-,36-,37-,38-,39+,40-,41-,42-/m1/s1. The molecule has 4 aromatic carbocycles. The monoisotopic (exact) mass is 823 g/mol. The van der Waals surface area contributed by atoms with Crippen molar-refractivity contribution in [2.24, 2.45) is 0 Å². The summed E-state index contributed by atoms with van der Waals surface area (Å²) in [5, 5.41) is 26.1. The zero-order valence-corrected chi connectivity index (χ0v) is 32.6. The van der Waals surface area contributed by atoms with Gasteiger partial charge in [0.15, 0.2) is 12.6 Å². The third kappa shape index (κ3) is 12.7. The van der Waals surface area contributed by atoms with Gasteiger partial charge >= 0.3 is 10.4 Å². The summed E-state index contributed by atoms with van der Waals surface area (Å²) < 4.78 is 82.0. The van der Waals surface area contributed by atoms with Gasteiger partial charge in [-0.05, 0) is 22.3 Å². The highest BCUT2D eigenvalue weighted by Crippen LogP contribution is 2.34. The summed E-state index contributed by atoms with van der Waals surface area (Å²) in [4.78, 5) is 12.7. The Labute approximate surface area is 337 Å². The number of aliphatic hydroxyl groups is 2. The Hall–Kier alpha value is -4.14. The van der Waals surface area contributed by atoms with Crippen molar-refractivity contribution in [1.29, 1.82) is 0 Å². The zero-order chi connectivity index (χ0) is 40.9. The number of hydrogen-bond acceptors (Lipinski definition) is 13. The fourth-order valence-electron chi connectivity index (χ4n) is 6.80. The van der Waals surface area contributed by atoms with E-state index in [2.05, 4.69) is 5.32 Å². The van der Waals surface area contributed by atoms with E-state index in [1.165, 1.54) is 6.92 Å². The topological polar surface area (TPSA) is 198 Å². The van der Waals surface area contributed by atoms with E-state index in [4.69, 9.17) is 37.3 Å². The largest absolute Gasteiger partial charge is 0.397 e. The fourth-order valence-corrected chi connectivity index (χ4v) is 7.11. The van der Waals surface area contributed by atoms with Crippen LogP contribution in [0.15, 0.2) is 121 Å². The fraction of sp³-hybridized carbons (Fsp3) is 0.405. The summed E-state index contributed by atoms with van der Waals surface area (Å²) in [7, 11) is -4.96. The molecule has 0 unspecified atom stereocenters. The van der Waals surface area contributed by atoms with E-state index in [0.29, 0.717) is 0 Å². The molecule has 312 valence electrons. The summed E-state index contributed by atoms with van der Waals surface area (Å²) in [6.45, 7) is 0.629. The molecule has 0 aliphatic carbocycles. The van der Waals surface area contributed by atoms with Crippen LogP contribution in [0.2, 0.25) is 0 Å². The van der Waals surface area contributed by atoms with Gasteiger partial charge in [-0.15, -0.1) is 0 Å². The van der Waals surface area contributed by atoms with Crippen molar-refractivity contribution in [3.8, 4) is 0 Å². The summed E-state index contributed by atoms with van der Waals surface area (Å²) >= 11 is 0. The minimum absolute atomic E-state index is 0.0301. The molecule has 58 heavy (non-hydrogen) atoms. The van der Waals surface area contributed by atoms with Crippen LogP contribution in [0.3, 0.4) is 0 Å². The molecule has 15 nitrogen and oxygen atoms in total. The van der Waals surface area contributed by atoms with Crippen LogP contribution in [0.5, 0.6) is 0 Å². The Bertz CT molecular complexity index is 1930. The molecule has 10 atom stereocenters. The number of carbonyl (C=O) groups excluding carboxylic acids is 1. The molecule has 16 heteroatoms. The molecule has 2 aliphatic heterocycles.